The van der Waals surface area contributed by atoms with E-state index in [0.717, 1.165) is 6.07 Å². The highest BCUT2D eigenvalue weighted by atomic mass is 32.2. The maximum absolute atomic E-state index is 11.7. The predicted molar refractivity (Wildman–Crippen MR) is 112 cm³/mol. The predicted octanol–water partition coefficient (Wildman–Crippen LogP) is 4.76. The van der Waals surface area contributed by atoms with Crippen LogP contribution in [0.4, 0.5) is 11.4 Å². The average molecular weight is 438 g/mol. The van der Waals surface area contributed by atoms with Gasteiger partial charge in [-0.3, -0.25) is 4.55 Å². The fourth-order valence-electron chi connectivity index (χ4n) is 3.35. The van der Waals surface area contributed by atoms with Crippen molar-refractivity contribution in [2.45, 2.75) is 4.90 Å². The zero-order valence-corrected chi connectivity index (χ0v) is 16.4. The Balaban J connectivity index is 1.98. The Bertz CT molecular complexity index is 1510. The highest BCUT2D eigenvalue weighted by Gasteiger charge is 2.22. The molecule has 0 atom stereocenters. The van der Waals surface area contributed by atoms with Crippen LogP contribution in [0.25, 0.3) is 21.5 Å². The molecule has 4 aromatic carbocycles. The van der Waals surface area contributed by atoms with Crippen LogP contribution in [0.2, 0.25) is 0 Å². The van der Waals surface area contributed by atoms with Crippen molar-refractivity contribution in [1.82, 2.24) is 0 Å². The summed E-state index contributed by atoms with van der Waals surface area (Å²) in [6.45, 7) is 0. The van der Waals surface area contributed by atoms with E-state index in [4.69, 9.17) is 0 Å². The van der Waals surface area contributed by atoms with E-state index in [1.54, 1.807) is 30.3 Å². The van der Waals surface area contributed by atoms with Gasteiger partial charge in [0.05, 0.1) is 5.69 Å². The fourth-order valence-corrected chi connectivity index (χ4v) is 4.13. The summed E-state index contributed by atoms with van der Waals surface area (Å²) in [4.78, 5) is 10.8. The van der Waals surface area contributed by atoms with Gasteiger partial charge in [-0.15, -0.1) is 10.2 Å². The largest absolute Gasteiger partial charge is 0.506 e. The Hall–Kier alpha value is -4.02. The van der Waals surface area contributed by atoms with Gasteiger partial charge in [-0.25, -0.2) is 4.79 Å². The molecular weight excluding hydrogens is 424 g/mol. The van der Waals surface area contributed by atoms with Crippen molar-refractivity contribution in [2.75, 3.05) is 0 Å². The number of carbonyl (C=O) groups is 1. The van der Waals surface area contributed by atoms with Crippen molar-refractivity contribution in [3.8, 4) is 11.5 Å². The van der Waals surface area contributed by atoms with Gasteiger partial charge in [-0.1, -0.05) is 48.5 Å². The van der Waals surface area contributed by atoms with Crippen molar-refractivity contribution in [3.63, 3.8) is 0 Å². The number of aromatic carboxylic acids is 1. The van der Waals surface area contributed by atoms with E-state index >= 15 is 0 Å². The van der Waals surface area contributed by atoms with Crippen LogP contribution in [0.1, 0.15) is 10.4 Å². The van der Waals surface area contributed by atoms with Gasteiger partial charge in [0.15, 0.2) is 5.75 Å². The lowest BCUT2D eigenvalue weighted by atomic mass is 10.0. The van der Waals surface area contributed by atoms with E-state index in [0.29, 0.717) is 10.8 Å². The van der Waals surface area contributed by atoms with Gasteiger partial charge in [-0.2, -0.15) is 8.42 Å². The molecule has 0 aliphatic carbocycles. The summed E-state index contributed by atoms with van der Waals surface area (Å²) < 4.78 is 32.9. The maximum atomic E-state index is 11.7. The standard InChI is InChI=1S/C21H14N2O7S/c24-17-10-16(13-7-3-4-8-14(13)20(17)31(28,29)30)22-23-18-12-6-2-1-5-11(12)9-15(19(18)25)21(26)27/h1-10,24-25H,(H,26,27)(H,28,29,30). The molecule has 0 bridgehead atoms. The molecule has 0 fully saturated rings. The van der Waals surface area contributed by atoms with Gasteiger partial charge in [-0.05, 0) is 11.5 Å². The highest BCUT2D eigenvalue weighted by Crippen LogP contribution is 2.42. The Kier molecular flexibility index (Phi) is 4.80. The number of carboxylic acids is 1. The third-order valence-corrected chi connectivity index (χ3v) is 5.64. The summed E-state index contributed by atoms with van der Waals surface area (Å²) >= 11 is 0. The summed E-state index contributed by atoms with van der Waals surface area (Å²) in [5.74, 6) is -2.66. The third kappa shape index (κ3) is 3.54. The van der Waals surface area contributed by atoms with Crippen molar-refractivity contribution in [2.24, 2.45) is 10.2 Å². The maximum Gasteiger partial charge on any atom is 0.339 e. The summed E-state index contributed by atoms with van der Waals surface area (Å²) in [6.07, 6.45) is 0. The van der Waals surface area contributed by atoms with Crippen LogP contribution in [0.3, 0.4) is 0 Å². The summed E-state index contributed by atoms with van der Waals surface area (Å²) in [5, 5.41) is 39.3. The second kappa shape index (κ2) is 7.35. The minimum Gasteiger partial charge on any atom is -0.506 e. The number of aromatic hydroxyl groups is 2. The SMILES string of the molecule is O=C(O)c1cc2ccccc2c(N=Nc2cc(O)c(S(=O)(=O)O)c3ccccc23)c1O. The van der Waals surface area contributed by atoms with Gasteiger partial charge in [0, 0.05) is 22.2 Å². The molecule has 4 N–H and O–H groups in total. The van der Waals surface area contributed by atoms with E-state index in [1.807, 2.05) is 0 Å². The molecule has 0 unspecified atom stereocenters. The van der Waals surface area contributed by atoms with Crippen molar-refractivity contribution in [3.05, 3.63) is 66.2 Å². The van der Waals surface area contributed by atoms with Gasteiger partial charge < -0.3 is 15.3 Å². The first-order chi connectivity index (χ1) is 14.7. The molecule has 0 saturated heterocycles. The number of carboxylic acid groups (broad SMARTS) is 1. The molecule has 0 amide bonds. The lowest BCUT2D eigenvalue weighted by Crippen LogP contribution is -1.99. The second-order valence-electron chi connectivity index (χ2n) is 6.61. The molecule has 9 nitrogen and oxygen atoms in total. The Morgan fingerprint density at radius 1 is 0.839 bits per heavy atom. The molecule has 0 aliphatic heterocycles. The fraction of sp³-hybridized carbons (Fsp3) is 0. The smallest absolute Gasteiger partial charge is 0.339 e. The van der Waals surface area contributed by atoms with Crippen molar-refractivity contribution in [1.29, 1.82) is 0 Å². The molecule has 156 valence electrons. The Labute approximate surface area is 175 Å². The number of nitrogens with zero attached hydrogens (tertiary/aromatic N) is 2. The van der Waals surface area contributed by atoms with Gasteiger partial charge in [0.25, 0.3) is 10.1 Å². The molecule has 0 saturated carbocycles. The summed E-state index contributed by atoms with van der Waals surface area (Å²) in [5.41, 5.74) is -0.412. The molecule has 31 heavy (non-hydrogen) atoms. The minimum atomic E-state index is -4.72. The average Bonchev–Trinajstić information content (AvgIpc) is 2.71. The number of hydrogen-bond acceptors (Lipinski definition) is 7. The monoisotopic (exact) mass is 438 g/mol. The zero-order chi connectivity index (χ0) is 22.3. The van der Waals surface area contributed by atoms with Crippen molar-refractivity contribution >= 4 is 49.0 Å². The molecule has 0 aliphatic rings. The van der Waals surface area contributed by atoms with Crippen LogP contribution < -0.4 is 0 Å². The lowest BCUT2D eigenvalue weighted by Gasteiger charge is -2.10. The minimum absolute atomic E-state index is 0.0207. The number of phenolic OH excluding ortho intramolecular Hbond substituents is 1. The van der Waals surface area contributed by atoms with Crippen LogP contribution in [0.15, 0.2) is 75.8 Å². The normalized spacial score (nSPS) is 12.0. The molecule has 0 spiro atoms. The van der Waals surface area contributed by atoms with Crippen LogP contribution >= 0.6 is 0 Å². The molecule has 0 heterocycles. The second-order valence-corrected chi connectivity index (χ2v) is 7.97. The molecule has 0 radical (unpaired) electrons. The number of hydrogen-bond donors (Lipinski definition) is 4. The topological polar surface area (TPSA) is 157 Å². The van der Waals surface area contributed by atoms with E-state index in [1.165, 1.54) is 24.3 Å². The Morgan fingerprint density at radius 3 is 2.10 bits per heavy atom. The molecular formula is C21H14N2O7S. The molecule has 4 aromatic rings. The van der Waals surface area contributed by atoms with E-state index < -0.39 is 32.5 Å². The van der Waals surface area contributed by atoms with Crippen LogP contribution in [-0.2, 0) is 10.1 Å². The number of fused-ring (bicyclic) bond motifs is 2. The quantitative estimate of drug-likeness (QED) is 0.264. The molecule has 10 heteroatoms. The van der Waals surface area contributed by atoms with Crippen molar-refractivity contribution < 1.29 is 33.1 Å². The molecule has 0 aromatic heterocycles. The van der Waals surface area contributed by atoms with E-state index in [2.05, 4.69) is 10.2 Å². The lowest BCUT2D eigenvalue weighted by molar-refractivity contribution is 0.0694. The van der Waals surface area contributed by atoms with Crippen LogP contribution in [-0.4, -0.2) is 34.3 Å². The summed E-state index contributed by atoms with van der Waals surface area (Å²) in [7, 11) is -4.72. The zero-order valence-electron chi connectivity index (χ0n) is 15.6. The van der Waals surface area contributed by atoms with Crippen LogP contribution in [0.5, 0.6) is 11.5 Å². The first-order valence-electron chi connectivity index (χ1n) is 8.80. The first-order valence-corrected chi connectivity index (χ1v) is 10.2. The third-order valence-electron chi connectivity index (χ3n) is 4.69. The Morgan fingerprint density at radius 2 is 1.45 bits per heavy atom. The van der Waals surface area contributed by atoms with Gasteiger partial charge in [0.2, 0.25) is 0 Å². The number of benzene rings is 4. The van der Waals surface area contributed by atoms with Gasteiger partial charge in [0.1, 0.15) is 21.9 Å². The first kappa shape index (κ1) is 20.3. The number of rotatable bonds is 4. The van der Waals surface area contributed by atoms with Crippen LogP contribution in [0, 0.1) is 0 Å². The molecule has 4 rings (SSSR count). The van der Waals surface area contributed by atoms with E-state index in [-0.39, 0.29) is 27.7 Å². The number of azo groups is 1. The van der Waals surface area contributed by atoms with E-state index in [9.17, 15) is 33.1 Å². The summed E-state index contributed by atoms with van der Waals surface area (Å²) in [6, 6.07) is 15.0. The van der Waals surface area contributed by atoms with Gasteiger partial charge >= 0.3 is 5.97 Å². The highest BCUT2D eigenvalue weighted by molar-refractivity contribution is 7.86. The number of phenols is 2.